The maximum atomic E-state index is 10.9. The summed E-state index contributed by atoms with van der Waals surface area (Å²) in [5, 5.41) is 0.560. The fourth-order valence-corrected chi connectivity index (χ4v) is 2.47. The molecule has 0 fully saturated rings. The average molecular weight is 282 g/mol. The molecule has 1 aromatic heterocycles. The van der Waals surface area contributed by atoms with Crippen LogP contribution in [0.5, 0.6) is 5.75 Å². The van der Waals surface area contributed by atoms with Gasteiger partial charge in [-0.05, 0) is 25.1 Å². The molecule has 5 heteroatoms. The molecule has 0 amide bonds. The lowest BCUT2D eigenvalue weighted by Crippen LogP contribution is -2.03. The molecule has 3 nitrogen and oxygen atoms in total. The highest BCUT2D eigenvalue weighted by atomic mass is 35.5. The summed E-state index contributed by atoms with van der Waals surface area (Å²) in [6, 6.07) is 4.99. The molecule has 0 bridgehead atoms. The summed E-state index contributed by atoms with van der Waals surface area (Å²) in [5.41, 5.74) is 3.37. The van der Waals surface area contributed by atoms with E-state index in [1.807, 2.05) is 12.4 Å². The maximum Gasteiger partial charge on any atom is 0.153 e. The Labute approximate surface area is 114 Å². The molecule has 2 aromatic rings. The minimum absolute atomic E-state index is 0.504. The molecule has 18 heavy (non-hydrogen) atoms. The van der Waals surface area contributed by atoms with Gasteiger partial charge in [-0.3, -0.25) is 4.79 Å². The summed E-state index contributed by atoms with van der Waals surface area (Å²) >= 11 is 7.48. The van der Waals surface area contributed by atoms with Crippen molar-refractivity contribution < 1.29 is 9.53 Å². The van der Waals surface area contributed by atoms with Crippen molar-refractivity contribution in [2.24, 2.45) is 0 Å². The van der Waals surface area contributed by atoms with E-state index in [0.29, 0.717) is 22.9 Å². The first-order valence-electron chi connectivity index (χ1n) is 5.47. The smallest absolute Gasteiger partial charge is 0.153 e. The number of aryl methyl sites for hydroxylation is 1. The van der Waals surface area contributed by atoms with Crippen LogP contribution in [0.3, 0.4) is 0 Å². The van der Waals surface area contributed by atoms with Crippen LogP contribution in [-0.2, 0) is 6.42 Å². The lowest BCUT2D eigenvalue weighted by molar-refractivity contribution is 0.111. The van der Waals surface area contributed by atoms with Crippen molar-refractivity contribution in [1.29, 1.82) is 0 Å². The van der Waals surface area contributed by atoms with Gasteiger partial charge in [0.25, 0.3) is 0 Å². The number of halogens is 1. The fourth-order valence-electron chi connectivity index (χ4n) is 1.55. The quantitative estimate of drug-likeness (QED) is 0.787. The predicted molar refractivity (Wildman–Crippen MR) is 72.9 cm³/mol. The van der Waals surface area contributed by atoms with Crippen molar-refractivity contribution in [2.75, 3.05) is 6.61 Å². The normalized spacial score (nSPS) is 10.3. The Morgan fingerprint density at radius 3 is 3.00 bits per heavy atom. The molecule has 0 atom stereocenters. The van der Waals surface area contributed by atoms with Crippen molar-refractivity contribution in [1.82, 2.24) is 4.98 Å². The third-order valence-corrected chi connectivity index (χ3v) is 3.76. The van der Waals surface area contributed by atoms with Crippen molar-refractivity contribution in [2.45, 2.75) is 13.3 Å². The molecule has 0 saturated heterocycles. The van der Waals surface area contributed by atoms with Crippen molar-refractivity contribution >= 4 is 29.2 Å². The van der Waals surface area contributed by atoms with Crippen LogP contribution < -0.4 is 4.74 Å². The number of rotatable bonds is 5. The fraction of sp³-hybridized carbons (Fsp3) is 0.231. The van der Waals surface area contributed by atoms with Gasteiger partial charge in [0.1, 0.15) is 5.75 Å². The van der Waals surface area contributed by atoms with Crippen LogP contribution >= 0.6 is 22.9 Å². The van der Waals surface area contributed by atoms with Gasteiger partial charge in [-0.25, -0.2) is 4.98 Å². The highest BCUT2D eigenvalue weighted by Gasteiger charge is 2.06. The van der Waals surface area contributed by atoms with E-state index in [1.165, 1.54) is 4.88 Å². The molecule has 0 spiro atoms. The Balaban J connectivity index is 2.00. The molecular formula is C13H12ClNO2S. The molecule has 0 unspecified atom stereocenters. The zero-order chi connectivity index (χ0) is 13.0. The largest absolute Gasteiger partial charge is 0.492 e. The lowest BCUT2D eigenvalue weighted by atomic mass is 10.2. The van der Waals surface area contributed by atoms with Gasteiger partial charge in [0.2, 0.25) is 0 Å². The number of aldehydes is 1. The minimum Gasteiger partial charge on any atom is -0.492 e. The maximum absolute atomic E-state index is 10.9. The third kappa shape index (κ3) is 3.09. The topological polar surface area (TPSA) is 39.2 Å². The number of hydrogen-bond donors (Lipinski definition) is 0. The molecule has 94 valence electrons. The Morgan fingerprint density at radius 2 is 2.33 bits per heavy atom. The molecule has 0 radical (unpaired) electrons. The first-order valence-corrected chi connectivity index (χ1v) is 6.73. The first-order chi connectivity index (χ1) is 8.70. The van der Waals surface area contributed by atoms with Gasteiger partial charge in [0, 0.05) is 16.3 Å². The zero-order valence-electron chi connectivity index (χ0n) is 9.85. The van der Waals surface area contributed by atoms with Gasteiger partial charge >= 0.3 is 0 Å². The van der Waals surface area contributed by atoms with E-state index in [4.69, 9.17) is 16.3 Å². The number of thiazole rings is 1. The zero-order valence-corrected chi connectivity index (χ0v) is 11.4. The Hall–Kier alpha value is -1.39. The monoisotopic (exact) mass is 281 g/mol. The van der Waals surface area contributed by atoms with E-state index >= 15 is 0 Å². The van der Waals surface area contributed by atoms with Gasteiger partial charge in [0.05, 0.1) is 23.4 Å². The van der Waals surface area contributed by atoms with E-state index in [9.17, 15) is 4.79 Å². The number of benzene rings is 1. The number of nitrogens with zero attached hydrogens (tertiary/aromatic N) is 1. The molecule has 1 aromatic carbocycles. The van der Waals surface area contributed by atoms with E-state index in [1.54, 1.807) is 29.5 Å². The number of hydrogen-bond acceptors (Lipinski definition) is 4. The predicted octanol–water partition coefficient (Wildman–Crippen LogP) is 3.54. The molecule has 0 aliphatic carbocycles. The van der Waals surface area contributed by atoms with Crippen LogP contribution in [0.15, 0.2) is 23.7 Å². The average Bonchev–Trinajstić information content (AvgIpc) is 2.76. The van der Waals surface area contributed by atoms with Gasteiger partial charge in [-0.15, -0.1) is 11.3 Å². The van der Waals surface area contributed by atoms with Crippen LogP contribution in [0.1, 0.15) is 20.9 Å². The standard InChI is InChI=1S/C13H12ClNO2S/c1-9-13(18-8-15-9)4-5-17-12-6-11(14)3-2-10(12)7-16/h2-3,6-8H,4-5H2,1H3. The second kappa shape index (κ2) is 5.98. The number of carbonyl (C=O) groups is 1. The Bertz CT molecular complexity index is 554. The van der Waals surface area contributed by atoms with E-state index in [0.717, 1.165) is 18.4 Å². The lowest BCUT2D eigenvalue weighted by Gasteiger charge is -2.08. The van der Waals surface area contributed by atoms with Crippen molar-refractivity contribution in [3.8, 4) is 5.75 Å². The summed E-state index contributed by atoms with van der Waals surface area (Å²) in [4.78, 5) is 16.2. The summed E-state index contributed by atoms with van der Waals surface area (Å²) in [7, 11) is 0. The minimum atomic E-state index is 0.504. The molecule has 0 saturated carbocycles. The highest BCUT2D eigenvalue weighted by molar-refractivity contribution is 7.09. The van der Waals surface area contributed by atoms with Gasteiger partial charge in [-0.1, -0.05) is 11.6 Å². The van der Waals surface area contributed by atoms with Crippen molar-refractivity contribution in [3.63, 3.8) is 0 Å². The molecule has 2 rings (SSSR count). The van der Waals surface area contributed by atoms with Crippen LogP contribution in [0, 0.1) is 6.92 Å². The molecule has 1 heterocycles. The summed E-state index contributed by atoms with van der Waals surface area (Å²) < 4.78 is 5.60. The Kier molecular flexibility index (Phi) is 4.33. The number of carbonyl (C=O) groups excluding carboxylic acids is 1. The van der Waals surface area contributed by atoms with E-state index in [-0.39, 0.29) is 0 Å². The molecule has 0 N–H and O–H groups in total. The molecule has 0 aliphatic heterocycles. The SMILES string of the molecule is Cc1ncsc1CCOc1cc(Cl)ccc1C=O. The van der Waals surface area contributed by atoms with Crippen LogP contribution in [0.25, 0.3) is 0 Å². The second-order valence-corrected chi connectivity index (χ2v) is 5.14. The summed E-state index contributed by atoms with van der Waals surface area (Å²) in [6.07, 6.45) is 1.55. The van der Waals surface area contributed by atoms with Gasteiger partial charge in [0.15, 0.2) is 6.29 Å². The first kappa shape index (κ1) is 13.1. The summed E-state index contributed by atoms with van der Waals surface area (Å²) in [6.45, 7) is 2.48. The van der Waals surface area contributed by atoms with Crippen LogP contribution in [0.4, 0.5) is 0 Å². The van der Waals surface area contributed by atoms with Crippen molar-refractivity contribution in [3.05, 3.63) is 44.9 Å². The number of aromatic nitrogens is 1. The summed E-state index contributed by atoms with van der Waals surface area (Å²) in [5.74, 6) is 0.527. The second-order valence-electron chi connectivity index (χ2n) is 3.76. The van der Waals surface area contributed by atoms with Gasteiger partial charge < -0.3 is 4.74 Å². The Morgan fingerprint density at radius 1 is 1.50 bits per heavy atom. The van der Waals surface area contributed by atoms with Gasteiger partial charge in [-0.2, -0.15) is 0 Å². The molecular weight excluding hydrogens is 270 g/mol. The highest BCUT2D eigenvalue weighted by Crippen LogP contribution is 2.22. The molecule has 0 aliphatic rings. The van der Waals surface area contributed by atoms with Crippen LogP contribution in [-0.4, -0.2) is 17.9 Å². The van der Waals surface area contributed by atoms with E-state index in [2.05, 4.69) is 4.98 Å². The van der Waals surface area contributed by atoms with E-state index < -0.39 is 0 Å². The third-order valence-electron chi connectivity index (χ3n) is 2.53. The number of ether oxygens (including phenoxy) is 1. The van der Waals surface area contributed by atoms with Crippen LogP contribution in [0.2, 0.25) is 5.02 Å².